The molecule has 0 spiro atoms. The minimum Gasteiger partial charge on any atom is -0.335 e. The Balaban J connectivity index is 1.40. The van der Waals surface area contributed by atoms with Gasteiger partial charge in [-0.05, 0) is 47.2 Å². The van der Waals surface area contributed by atoms with Gasteiger partial charge in [-0.2, -0.15) is 5.10 Å². The third-order valence-corrected chi connectivity index (χ3v) is 6.84. The lowest BCUT2D eigenvalue weighted by atomic mass is 10.1. The summed E-state index contributed by atoms with van der Waals surface area (Å²) in [7, 11) is 0. The van der Waals surface area contributed by atoms with Crippen molar-refractivity contribution in [2.24, 2.45) is 0 Å². The molecule has 1 amide bonds. The standard InChI is InChI=1S/C31H27N3OS/c35-30(33(23-26-13-6-2-7-14-26)21-20-25-11-4-1-5-12-25)19-18-27-24-34(28-15-8-3-9-16-28)32-31(27)29-17-10-22-36-29/h1-19,22,24H,20-21,23H2. The van der Waals surface area contributed by atoms with E-state index >= 15 is 0 Å². The maximum absolute atomic E-state index is 13.4. The summed E-state index contributed by atoms with van der Waals surface area (Å²) in [6, 6.07) is 34.5. The van der Waals surface area contributed by atoms with Gasteiger partial charge < -0.3 is 4.90 Å². The Bertz CT molecular complexity index is 1410. The number of nitrogens with zero attached hydrogens (tertiary/aromatic N) is 3. The van der Waals surface area contributed by atoms with E-state index in [0.717, 1.165) is 33.8 Å². The Morgan fingerprint density at radius 1 is 0.833 bits per heavy atom. The van der Waals surface area contributed by atoms with Crippen molar-refractivity contribution in [3.63, 3.8) is 0 Å². The Kier molecular flexibility index (Phi) is 7.49. The van der Waals surface area contributed by atoms with Crippen molar-refractivity contribution in [3.8, 4) is 16.3 Å². The predicted molar refractivity (Wildman–Crippen MR) is 148 cm³/mol. The van der Waals surface area contributed by atoms with Crippen LogP contribution in [-0.2, 0) is 17.8 Å². The zero-order valence-electron chi connectivity index (χ0n) is 19.9. The molecule has 5 aromatic rings. The van der Waals surface area contributed by atoms with Gasteiger partial charge in [0.25, 0.3) is 0 Å². The van der Waals surface area contributed by atoms with Crippen LogP contribution in [-0.4, -0.2) is 27.1 Å². The van der Waals surface area contributed by atoms with Gasteiger partial charge in [0, 0.05) is 30.9 Å². The molecule has 0 atom stereocenters. The van der Waals surface area contributed by atoms with Crippen LogP contribution in [0.15, 0.2) is 121 Å². The third kappa shape index (κ3) is 5.88. The Morgan fingerprint density at radius 3 is 2.17 bits per heavy atom. The van der Waals surface area contributed by atoms with Gasteiger partial charge in [0.15, 0.2) is 0 Å². The summed E-state index contributed by atoms with van der Waals surface area (Å²) in [5.41, 5.74) is 5.10. The molecular formula is C31H27N3OS. The monoisotopic (exact) mass is 489 g/mol. The van der Waals surface area contributed by atoms with Crippen LogP contribution in [0.2, 0.25) is 0 Å². The van der Waals surface area contributed by atoms with E-state index in [0.29, 0.717) is 13.1 Å². The van der Waals surface area contributed by atoms with E-state index in [2.05, 4.69) is 30.3 Å². The summed E-state index contributed by atoms with van der Waals surface area (Å²) in [5.74, 6) is -0.0145. The summed E-state index contributed by atoms with van der Waals surface area (Å²) in [4.78, 5) is 16.4. The molecule has 178 valence electrons. The lowest BCUT2D eigenvalue weighted by Gasteiger charge is -2.21. The average molecular weight is 490 g/mol. The van der Waals surface area contributed by atoms with Crippen molar-refractivity contribution in [2.45, 2.75) is 13.0 Å². The van der Waals surface area contributed by atoms with Gasteiger partial charge in [-0.25, -0.2) is 4.68 Å². The first-order valence-electron chi connectivity index (χ1n) is 12.0. The molecular weight excluding hydrogens is 462 g/mol. The minimum absolute atomic E-state index is 0.0145. The molecule has 0 aliphatic rings. The summed E-state index contributed by atoms with van der Waals surface area (Å²) < 4.78 is 1.87. The molecule has 2 aromatic heterocycles. The second-order valence-corrected chi connectivity index (χ2v) is 9.45. The summed E-state index contributed by atoms with van der Waals surface area (Å²) in [6.07, 6.45) is 6.36. The molecule has 0 saturated carbocycles. The van der Waals surface area contributed by atoms with Gasteiger partial charge in [-0.15, -0.1) is 11.3 Å². The first-order valence-corrected chi connectivity index (χ1v) is 12.9. The zero-order chi connectivity index (χ0) is 24.6. The van der Waals surface area contributed by atoms with Crippen molar-refractivity contribution in [1.29, 1.82) is 0 Å². The Morgan fingerprint density at radius 2 is 1.50 bits per heavy atom. The van der Waals surface area contributed by atoms with Crippen molar-refractivity contribution >= 4 is 23.3 Å². The van der Waals surface area contributed by atoms with E-state index in [1.165, 1.54) is 5.56 Å². The van der Waals surface area contributed by atoms with Crippen LogP contribution in [0, 0.1) is 0 Å². The largest absolute Gasteiger partial charge is 0.335 e. The smallest absolute Gasteiger partial charge is 0.246 e. The molecule has 0 bridgehead atoms. The number of aromatic nitrogens is 2. The fraction of sp³-hybridized carbons (Fsp3) is 0.0968. The predicted octanol–water partition coefficient (Wildman–Crippen LogP) is 6.89. The number of thiophene rings is 1. The summed E-state index contributed by atoms with van der Waals surface area (Å²) in [5, 5.41) is 6.88. The fourth-order valence-electron chi connectivity index (χ4n) is 4.07. The van der Waals surface area contributed by atoms with Crippen LogP contribution in [0.1, 0.15) is 16.7 Å². The van der Waals surface area contributed by atoms with Crippen LogP contribution in [0.25, 0.3) is 22.3 Å². The van der Waals surface area contributed by atoms with E-state index < -0.39 is 0 Å². The molecule has 0 fully saturated rings. The normalized spacial score (nSPS) is 11.1. The van der Waals surface area contributed by atoms with Crippen molar-refractivity contribution in [2.75, 3.05) is 6.54 Å². The highest BCUT2D eigenvalue weighted by atomic mass is 32.1. The van der Waals surface area contributed by atoms with Gasteiger partial charge in [0.05, 0.1) is 10.6 Å². The van der Waals surface area contributed by atoms with Crippen LogP contribution >= 0.6 is 11.3 Å². The molecule has 0 unspecified atom stereocenters. The van der Waals surface area contributed by atoms with Gasteiger partial charge in [-0.3, -0.25) is 4.79 Å². The van der Waals surface area contributed by atoms with Crippen molar-refractivity contribution in [3.05, 3.63) is 137 Å². The molecule has 2 heterocycles. The SMILES string of the molecule is O=C(C=Cc1cn(-c2ccccc2)nc1-c1cccs1)N(CCc1ccccc1)Cc1ccccc1. The molecule has 0 aliphatic heterocycles. The van der Waals surface area contributed by atoms with Crippen LogP contribution in [0.5, 0.6) is 0 Å². The lowest BCUT2D eigenvalue weighted by molar-refractivity contribution is -0.126. The maximum Gasteiger partial charge on any atom is 0.246 e. The van der Waals surface area contributed by atoms with E-state index in [-0.39, 0.29) is 5.91 Å². The van der Waals surface area contributed by atoms with Crippen LogP contribution in [0.4, 0.5) is 0 Å². The topological polar surface area (TPSA) is 38.1 Å². The second kappa shape index (κ2) is 11.5. The number of carbonyl (C=O) groups is 1. The molecule has 0 saturated heterocycles. The zero-order valence-corrected chi connectivity index (χ0v) is 20.7. The Labute approximate surface area is 215 Å². The van der Waals surface area contributed by atoms with Crippen molar-refractivity contribution in [1.82, 2.24) is 14.7 Å². The summed E-state index contributed by atoms with van der Waals surface area (Å²) >= 11 is 1.64. The van der Waals surface area contributed by atoms with Gasteiger partial charge >= 0.3 is 0 Å². The molecule has 0 aliphatic carbocycles. The van der Waals surface area contributed by atoms with Gasteiger partial charge in [0.2, 0.25) is 5.91 Å². The molecule has 0 N–H and O–H groups in total. The highest BCUT2D eigenvalue weighted by Crippen LogP contribution is 2.28. The van der Waals surface area contributed by atoms with E-state index in [1.54, 1.807) is 17.4 Å². The van der Waals surface area contributed by atoms with E-state index in [1.807, 2.05) is 100 Å². The quantitative estimate of drug-likeness (QED) is 0.212. The second-order valence-electron chi connectivity index (χ2n) is 8.50. The number of hydrogen-bond donors (Lipinski definition) is 0. The van der Waals surface area contributed by atoms with Gasteiger partial charge in [-0.1, -0.05) is 84.9 Å². The highest BCUT2D eigenvalue weighted by molar-refractivity contribution is 7.13. The summed E-state index contributed by atoms with van der Waals surface area (Å²) in [6.45, 7) is 1.21. The van der Waals surface area contributed by atoms with E-state index in [4.69, 9.17) is 5.10 Å². The number of carbonyl (C=O) groups excluding carboxylic acids is 1. The number of hydrogen-bond acceptors (Lipinski definition) is 3. The Hall–Kier alpha value is -4.22. The third-order valence-electron chi connectivity index (χ3n) is 5.96. The van der Waals surface area contributed by atoms with Crippen LogP contribution < -0.4 is 0 Å². The lowest BCUT2D eigenvalue weighted by Crippen LogP contribution is -2.31. The number of rotatable bonds is 9. The maximum atomic E-state index is 13.4. The van der Waals surface area contributed by atoms with Crippen LogP contribution in [0.3, 0.4) is 0 Å². The first-order chi connectivity index (χ1) is 17.8. The number of benzene rings is 3. The van der Waals surface area contributed by atoms with Crippen molar-refractivity contribution < 1.29 is 4.79 Å². The average Bonchev–Trinajstić information content (AvgIpc) is 3.62. The molecule has 0 radical (unpaired) electrons. The number of para-hydroxylation sites is 1. The highest BCUT2D eigenvalue weighted by Gasteiger charge is 2.15. The van der Waals surface area contributed by atoms with Gasteiger partial charge in [0.1, 0.15) is 5.69 Å². The van der Waals surface area contributed by atoms with E-state index in [9.17, 15) is 4.79 Å². The molecule has 5 heteroatoms. The molecule has 5 rings (SSSR count). The fourth-order valence-corrected chi connectivity index (χ4v) is 4.80. The first kappa shape index (κ1) is 23.5. The molecule has 4 nitrogen and oxygen atoms in total. The molecule has 3 aromatic carbocycles. The number of amides is 1. The molecule has 36 heavy (non-hydrogen) atoms. The minimum atomic E-state index is -0.0145.